The predicted molar refractivity (Wildman–Crippen MR) is 121 cm³/mol. The van der Waals surface area contributed by atoms with Gasteiger partial charge in [0, 0.05) is 37.4 Å². The Kier molecular flexibility index (Phi) is 7.57. The van der Waals surface area contributed by atoms with Crippen molar-refractivity contribution in [3.8, 4) is 0 Å². The van der Waals surface area contributed by atoms with Crippen LogP contribution in [0.1, 0.15) is 42.9 Å². The van der Waals surface area contributed by atoms with E-state index in [1.807, 2.05) is 0 Å². The largest absolute Gasteiger partial charge is 0.372 e. The van der Waals surface area contributed by atoms with Gasteiger partial charge in [-0.2, -0.15) is 0 Å². The van der Waals surface area contributed by atoms with Crippen molar-refractivity contribution in [2.45, 2.75) is 38.3 Å². The first kappa shape index (κ1) is 22.0. The van der Waals surface area contributed by atoms with E-state index < -0.39 is 12.1 Å². The lowest BCUT2D eigenvalue weighted by atomic mass is 10.0. The number of amides is 3. The summed E-state index contributed by atoms with van der Waals surface area (Å²) >= 11 is 5.94. The van der Waals surface area contributed by atoms with E-state index in [-0.39, 0.29) is 12.3 Å². The topological polar surface area (TPSA) is 78.7 Å². The zero-order chi connectivity index (χ0) is 21.5. The number of hydrogen-bond donors (Lipinski definition) is 2. The summed E-state index contributed by atoms with van der Waals surface area (Å²) in [5, 5.41) is 3.24. The number of halogens is 1. The van der Waals surface area contributed by atoms with Crippen LogP contribution in [0.2, 0.25) is 5.02 Å². The summed E-state index contributed by atoms with van der Waals surface area (Å²) in [5.41, 5.74) is 8.39. The van der Waals surface area contributed by atoms with Crippen LogP contribution in [0, 0.1) is 0 Å². The van der Waals surface area contributed by atoms with Gasteiger partial charge >= 0.3 is 6.03 Å². The maximum Gasteiger partial charge on any atom is 0.312 e. The molecule has 7 heteroatoms. The van der Waals surface area contributed by atoms with Crippen LogP contribution in [0.4, 0.5) is 10.5 Å². The van der Waals surface area contributed by atoms with Gasteiger partial charge in [0.1, 0.15) is 0 Å². The molecule has 160 valence electrons. The molecule has 1 fully saturated rings. The fourth-order valence-corrected chi connectivity index (χ4v) is 3.90. The SMILES string of the molecule is CN(Cc1ccc(N2CCCCC2)cc1)C(=O)CC(NC(N)=O)c1ccc(Cl)cc1. The van der Waals surface area contributed by atoms with Gasteiger partial charge in [0.25, 0.3) is 0 Å². The first-order valence-electron chi connectivity index (χ1n) is 10.3. The molecule has 0 aromatic heterocycles. The monoisotopic (exact) mass is 428 g/mol. The Balaban J connectivity index is 1.60. The lowest BCUT2D eigenvalue weighted by molar-refractivity contribution is -0.130. The number of hydrogen-bond acceptors (Lipinski definition) is 3. The van der Waals surface area contributed by atoms with Gasteiger partial charge in [-0.1, -0.05) is 35.9 Å². The molecule has 0 spiro atoms. The second-order valence-corrected chi connectivity index (χ2v) is 8.22. The van der Waals surface area contributed by atoms with E-state index in [0.717, 1.165) is 24.2 Å². The highest BCUT2D eigenvalue weighted by atomic mass is 35.5. The van der Waals surface area contributed by atoms with Crippen molar-refractivity contribution in [1.29, 1.82) is 0 Å². The molecule has 0 bridgehead atoms. The van der Waals surface area contributed by atoms with Crippen LogP contribution in [-0.4, -0.2) is 37.0 Å². The first-order valence-corrected chi connectivity index (χ1v) is 10.7. The second kappa shape index (κ2) is 10.3. The van der Waals surface area contributed by atoms with Crippen molar-refractivity contribution in [2.24, 2.45) is 5.73 Å². The number of nitrogens with one attached hydrogen (secondary N) is 1. The van der Waals surface area contributed by atoms with E-state index in [0.29, 0.717) is 11.6 Å². The van der Waals surface area contributed by atoms with Crippen LogP contribution in [0.3, 0.4) is 0 Å². The minimum Gasteiger partial charge on any atom is -0.372 e. The highest BCUT2D eigenvalue weighted by Crippen LogP contribution is 2.22. The Morgan fingerprint density at radius 3 is 2.30 bits per heavy atom. The number of rotatable bonds is 7. The fourth-order valence-electron chi connectivity index (χ4n) is 3.78. The molecule has 1 atom stereocenters. The van der Waals surface area contributed by atoms with Crippen LogP contribution >= 0.6 is 11.6 Å². The molecule has 2 aromatic rings. The molecular formula is C23H29ClN4O2. The summed E-state index contributed by atoms with van der Waals surface area (Å²) in [5.74, 6) is -0.0798. The highest BCUT2D eigenvalue weighted by Gasteiger charge is 2.20. The van der Waals surface area contributed by atoms with Crippen molar-refractivity contribution < 1.29 is 9.59 Å². The van der Waals surface area contributed by atoms with Crippen LogP contribution in [0.5, 0.6) is 0 Å². The van der Waals surface area contributed by atoms with E-state index in [4.69, 9.17) is 17.3 Å². The number of piperidine rings is 1. The summed E-state index contributed by atoms with van der Waals surface area (Å²) < 4.78 is 0. The zero-order valence-corrected chi connectivity index (χ0v) is 18.1. The van der Waals surface area contributed by atoms with E-state index >= 15 is 0 Å². The lowest BCUT2D eigenvalue weighted by Crippen LogP contribution is -2.37. The molecule has 0 saturated carbocycles. The Bertz CT molecular complexity index is 849. The molecule has 0 aliphatic carbocycles. The minimum absolute atomic E-state index is 0.0798. The molecule has 2 aromatic carbocycles. The third kappa shape index (κ3) is 6.13. The van der Waals surface area contributed by atoms with Gasteiger partial charge < -0.3 is 20.9 Å². The number of carbonyl (C=O) groups excluding carboxylic acids is 2. The summed E-state index contributed by atoms with van der Waals surface area (Å²) in [6.07, 6.45) is 3.91. The molecule has 1 unspecified atom stereocenters. The zero-order valence-electron chi connectivity index (χ0n) is 17.3. The van der Waals surface area contributed by atoms with Crippen molar-refractivity contribution >= 4 is 29.2 Å². The number of benzene rings is 2. The van der Waals surface area contributed by atoms with Gasteiger partial charge in [0.05, 0.1) is 12.5 Å². The van der Waals surface area contributed by atoms with Gasteiger partial charge in [-0.3, -0.25) is 4.79 Å². The second-order valence-electron chi connectivity index (χ2n) is 7.78. The van der Waals surface area contributed by atoms with Crippen LogP contribution in [0.15, 0.2) is 48.5 Å². The smallest absolute Gasteiger partial charge is 0.312 e. The molecule has 1 aliphatic heterocycles. The molecule has 1 saturated heterocycles. The van der Waals surface area contributed by atoms with E-state index in [1.54, 1.807) is 36.2 Å². The van der Waals surface area contributed by atoms with Gasteiger partial charge in [-0.15, -0.1) is 0 Å². The Labute approximate surface area is 183 Å². The third-order valence-electron chi connectivity index (χ3n) is 5.47. The Hall–Kier alpha value is -2.73. The van der Waals surface area contributed by atoms with Crippen molar-refractivity contribution in [3.05, 3.63) is 64.7 Å². The third-order valence-corrected chi connectivity index (χ3v) is 5.72. The molecule has 3 rings (SSSR count). The highest BCUT2D eigenvalue weighted by molar-refractivity contribution is 6.30. The van der Waals surface area contributed by atoms with E-state index in [9.17, 15) is 9.59 Å². The summed E-state index contributed by atoms with van der Waals surface area (Å²) in [6.45, 7) is 2.72. The predicted octanol–water partition coefficient (Wildman–Crippen LogP) is 4.09. The molecular weight excluding hydrogens is 400 g/mol. The average Bonchev–Trinajstić information content (AvgIpc) is 2.74. The number of anilines is 1. The minimum atomic E-state index is -0.668. The fraction of sp³-hybridized carbons (Fsp3) is 0.391. The Morgan fingerprint density at radius 2 is 1.70 bits per heavy atom. The molecule has 0 radical (unpaired) electrons. The van der Waals surface area contributed by atoms with E-state index in [1.165, 1.54) is 24.9 Å². The normalized spacial score (nSPS) is 14.8. The standard InChI is InChI=1S/C23H29ClN4O2/c1-27(16-17-5-11-20(12-6-17)28-13-3-2-4-14-28)22(29)15-21(26-23(25)30)18-7-9-19(24)10-8-18/h5-12,21H,2-4,13-16H2,1H3,(H3,25,26,30). The van der Waals surface area contributed by atoms with Crippen LogP contribution in [-0.2, 0) is 11.3 Å². The quantitative estimate of drug-likeness (QED) is 0.697. The van der Waals surface area contributed by atoms with Gasteiger partial charge in [-0.25, -0.2) is 4.79 Å². The molecule has 30 heavy (non-hydrogen) atoms. The molecule has 1 heterocycles. The molecule has 3 amide bonds. The van der Waals surface area contributed by atoms with E-state index in [2.05, 4.69) is 34.5 Å². The van der Waals surface area contributed by atoms with Crippen molar-refractivity contribution in [2.75, 3.05) is 25.0 Å². The number of urea groups is 1. The Morgan fingerprint density at radius 1 is 1.07 bits per heavy atom. The number of primary amides is 1. The summed E-state index contributed by atoms with van der Waals surface area (Å²) in [6, 6.07) is 14.3. The summed E-state index contributed by atoms with van der Waals surface area (Å²) in [7, 11) is 1.77. The molecule has 6 nitrogen and oxygen atoms in total. The lowest BCUT2D eigenvalue weighted by Gasteiger charge is -2.29. The number of nitrogens with zero attached hydrogens (tertiary/aromatic N) is 2. The molecule has 3 N–H and O–H groups in total. The van der Waals surface area contributed by atoms with Crippen LogP contribution < -0.4 is 16.0 Å². The molecule has 1 aliphatic rings. The summed E-state index contributed by atoms with van der Waals surface area (Å²) in [4.78, 5) is 28.3. The maximum absolute atomic E-state index is 12.8. The number of nitrogens with two attached hydrogens (primary N) is 1. The maximum atomic E-state index is 12.8. The van der Waals surface area contributed by atoms with Crippen molar-refractivity contribution in [3.63, 3.8) is 0 Å². The van der Waals surface area contributed by atoms with Crippen molar-refractivity contribution in [1.82, 2.24) is 10.2 Å². The number of carbonyl (C=O) groups is 2. The van der Waals surface area contributed by atoms with Gasteiger partial charge in [0.2, 0.25) is 5.91 Å². The van der Waals surface area contributed by atoms with Gasteiger partial charge in [0.15, 0.2) is 0 Å². The average molecular weight is 429 g/mol. The van der Waals surface area contributed by atoms with Gasteiger partial charge in [-0.05, 0) is 54.7 Å². The van der Waals surface area contributed by atoms with Crippen LogP contribution in [0.25, 0.3) is 0 Å². The first-order chi connectivity index (χ1) is 14.4.